The van der Waals surface area contributed by atoms with E-state index in [9.17, 15) is 9.59 Å². The number of carbonyl (C=O) groups is 2. The Morgan fingerprint density at radius 3 is 1.62 bits per heavy atom. The number of imide groups is 1. The molecule has 0 radical (unpaired) electrons. The third-order valence-electron chi connectivity index (χ3n) is 5.53. The van der Waals surface area contributed by atoms with Crippen LogP contribution in [0.15, 0.2) is 12.2 Å². The third kappa shape index (κ3) is 10.8. The van der Waals surface area contributed by atoms with Gasteiger partial charge in [0.15, 0.2) is 0 Å². The first-order chi connectivity index (χ1) is 12.6. The molecule has 1 heterocycles. The number of carbonyl (C=O) groups excluding carboxylic acids is 2. The van der Waals surface area contributed by atoms with Gasteiger partial charge in [-0.3, -0.25) is 14.5 Å². The molecule has 0 spiro atoms. The van der Waals surface area contributed by atoms with E-state index in [0.29, 0.717) is 6.54 Å². The van der Waals surface area contributed by atoms with Crippen LogP contribution in [0.4, 0.5) is 0 Å². The summed E-state index contributed by atoms with van der Waals surface area (Å²) in [6, 6.07) is 0. The molecule has 0 fully saturated rings. The molecule has 0 aliphatic carbocycles. The maximum Gasteiger partial charge on any atom is 0.253 e. The van der Waals surface area contributed by atoms with Gasteiger partial charge in [-0.2, -0.15) is 0 Å². The van der Waals surface area contributed by atoms with Crippen molar-refractivity contribution in [2.75, 3.05) is 6.54 Å². The van der Waals surface area contributed by atoms with Crippen molar-refractivity contribution in [3.8, 4) is 0 Å². The van der Waals surface area contributed by atoms with E-state index >= 15 is 0 Å². The summed E-state index contributed by atoms with van der Waals surface area (Å²) in [5, 5.41) is 0. The van der Waals surface area contributed by atoms with Gasteiger partial charge in [0, 0.05) is 18.7 Å². The van der Waals surface area contributed by atoms with E-state index in [1.54, 1.807) is 0 Å². The Morgan fingerprint density at radius 2 is 1.12 bits per heavy atom. The van der Waals surface area contributed by atoms with E-state index in [4.69, 9.17) is 0 Å². The van der Waals surface area contributed by atoms with E-state index in [0.717, 1.165) is 18.8 Å². The van der Waals surface area contributed by atoms with E-state index in [1.807, 2.05) is 0 Å². The van der Waals surface area contributed by atoms with Crippen LogP contribution in [-0.4, -0.2) is 23.3 Å². The summed E-state index contributed by atoms with van der Waals surface area (Å²) in [7, 11) is 0. The largest absolute Gasteiger partial charge is 0.275 e. The summed E-state index contributed by atoms with van der Waals surface area (Å²) in [5.74, 6) is 0.598. The maximum absolute atomic E-state index is 11.4. The van der Waals surface area contributed by atoms with Crippen molar-refractivity contribution in [2.24, 2.45) is 5.92 Å². The summed E-state index contributed by atoms with van der Waals surface area (Å²) < 4.78 is 0. The van der Waals surface area contributed by atoms with Gasteiger partial charge in [0.25, 0.3) is 11.8 Å². The van der Waals surface area contributed by atoms with Gasteiger partial charge in [0.05, 0.1) is 0 Å². The van der Waals surface area contributed by atoms with Crippen LogP contribution in [0.5, 0.6) is 0 Å². The topological polar surface area (TPSA) is 37.4 Å². The standard InChI is InChI=1S/C23H41NO2/c1-3-4-5-6-10-13-16-21(2)17-14-11-8-7-9-12-15-20-24-22(25)18-19-23(24)26/h18-19,21H,3-17,20H2,1-2H3. The highest BCUT2D eigenvalue weighted by atomic mass is 16.2. The molecular weight excluding hydrogens is 322 g/mol. The van der Waals surface area contributed by atoms with Gasteiger partial charge in [-0.15, -0.1) is 0 Å². The van der Waals surface area contributed by atoms with Crippen LogP contribution in [0.2, 0.25) is 0 Å². The molecular formula is C23H41NO2. The van der Waals surface area contributed by atoms with Crippen LogP contribution >= 0.6 is 0 Å². The molecule has 1 aliphatic heterocycles. The van der Waals surface area contributed by atoms with E-state index < -0.39 is 0 Å². The highest BCUT2D eigenvalue weighted by Gasteiger charge is 2.21. The Hall–Kier alpha value is -1.12. The summed E-state index contributed by atoms with van der Waals surface area (Å²) >= 11 is 0. The molecule has 0 saturated carbocycles. The second kappa shape index (κ2) is 15.0. The van der Waals surface area contributed by atoms with Crippen LogP contribution < -0.4 is 0 Å². The minimum Gasteiger partial charge on any atom is -0.275 e. The Morgan fingerprint density at radius 1 is 0.692 bits per heavy atom. The minimum atomic E-state index is -0.148. The van der Waals surface area contributed by atoms with Gasteiger partial charge >= 0.3 is 0 Å². The van der Waals surface area contributed by atoms with Crippen molar-refractivity contribution >= 4 is 11.8 Å². The van der Waals surface area contributed by atoms with Crippen molar-refractivity contribution in [1.82, 2.24) is 4.90 Å². The second-order valence-electron chi connectivity index (χ2n) is 8.09. The van der Waals surface area contributed by atoms with Gasteiger partial charge < -0.3 is 0 Å². The minimum absolute atomic E-state index is 0.148. The number of unbranched alkanes of at least 4 members (excludes halogenated alkanes) is 11. The molecule has 0 N–H and O–H groups in total. The fourth-order valence-corrected chi connectivity index (χ4v) is 3.72. The monoisotopic (exact) mass is 363 g/mol. The van der Waals surface area contributed by atoms with Crippen molar-refractivity contribution in [3.05, 3.63) is 12.2 Å². The van der Waals surface area contributed by atoms with Gasteiger partial charge in [-0.05, 0) is 12.3 Å². The average Bonchev–Trinajstić information content (AvgIpc) is 2.95. The smallest absolute Gasteiger partial charge is 0.253 e. The molecule has 0 aromatic rings. The molecule has 1 atom stereocenters. The molecule has 0 aromatic carbocycles. The molecule has 0 bridgehead atoms. The predicted octanol–water partition coefficient (Wildman–Crippen LogP) is 6.42. The van der Waals surface area contributed by atoms with Gasteiger partial charge in [0.2, 0.25) is 0 Å². The van der Waals surface area contributed by atoms with Crippen LogP contribution in [0.25, 0.3) is 0 Å². The fourth-order valence-electron chi connectivity index (χ4n) is 3.72. The van der Waals surface area contributed by atoms with E-state index in [-0.39, 0.29) is 11.8 Å². The lowest BCUT2D eigenvalue weighted by Crippen LogP contribution is -2.30. The average molecular weight is 364 g/mol. The number of rotatable bonds is 17. The summed E-state index contributed by atoms with van der Waals surface area (Å²) in [5.41, 5.74) is 0. The summed E-state index contributed by atoms with van der Waals surface area (Å²) in [4.78, 5) is 24.2. The van der Waals surface area contributed by atoms with Crippen LogP contribution in [-0.2, 0) is 9.59 Å². The zero-order valence-electron chi connectivity index (χ0n) is 17.3. The Kier molecular flexibility index (Phi) is 13.2. The normalized spacial score (nSPS) is 15.2. The summed E-state index contributed by atoms with van der Waals surface area (Å²) in [6.45, 7) is 5.28. The first kappa shape index (κ1) is 22.9. The first-order valence-electron chi connectivity index (χ1n) is 11.2. The quantitative estimate of drug-likeness (QED) is 0.221. The van der Waals surface area contributed by atoms with Crippen LogP contribution in [0, 0.1) is 5.92 Å². The third-order valence-corrected chi connectivity index (χ3v) is 5.53. The molecule has 150 valence electrons. The molecule has 3 nitrogen and oxygen atoms in total. The molecule has 2 amide bonds. The Bertz CT molecular complexity index is 398. The van der Waals surface area contributed by atoms with Gasteiger partial charge in [-0.1, -0.05) is 104 Å². The Labute approximate surface area is 161 Å². The van der Waals surface area contributed by atoms with Crippen molar-refractivity contribution in [2.45, 2.75) is 110 Å². The number of nitrogens with zero attached hydrogens (tertiary/aromatic N) is 1. The first-order valence-corrected chi connectivity index (χ1v) is 11.2. The lowest BCUT2D eigenvalue weighted by molar-refractivity contribution is -0.136. The predicted molar refractivity (Wildman–Crippen MR) is 110 cm³/mol. The molecule has 0 aromatic heterocycles. The molecule has 3 heteroatoms. The maximum atomic E-state index is 11.4. The molecule has 1 unspecified atom stereocenters. The number of amides is 2. The SMILES string of the molecule is CCCCCCCCC(C)CCCCCCCCCN1C(=O)C=CC1=O. The molecule has 1 rings (SSSR count). The van der Waals surface area contributed by atoms with Gasteiger partial charge in [-0.25, -0.2) is 0 Å². The number of hydrogen-bond acceptors (Lipinski definition) is 2. The van der Waals surface area contributed by atoms with Crippen molar-refractivity contribution in [1.29, 1.82) is 0 Å². The summed E-state index contributed by atoms with van der Waals surface area (Å²) in [6.07, 6.45) is 22.6. The zero-order chi connectivity index (χ0) is 19.0. The van der Waals surface area contributed by atoms with Crippen LogP contribution in [0.1, 0.15) is 110 Å². The Balaban J connectivity index is 1.81. The van der Waals surface area contributed by atoms with Crippen LogP contribution in [0.3, 0.4) is 0 Å². The highest BCUT2D eigenvalue weighted by Crippen LogP contribution is 2.18. The second-order valence-corrected chi connectivity index (χ2v) is 8.09. The van der Waals surface area contributed by atoms with Gasteiger partial charge in [0.1, 0.15) is 0 Å². The fraction of sp³-hybridized carbons (Fsp3) is 0.826. The molecule has 0 saturated heterocycles. The molecule has 26 heavy (non-hydrogen) atoms. The highest BCUT2D eigenvalue weighted by molar-refractivity contribution is 6.12. The lowest BCUT2D eigenvalue weighted by atomic mass is 9.96. The number of hydrogen-bond donors (Lipinski definition) is 0. The van der Waals surface area contributed by atoms with Crippen molar-refractivity contribution in [3.63, 3.8) is 0 Å². The van der Waals surface area contributed by atoms with E-state index in [2.05, 4.69) is 13.8 Å². The van der Waals surface area contributed by atoms with Crippen molar-refractivity contribution < 1.29 is 9.59 Å². The molecule has 1 aliphatic rings. The van der Waals surface area contributed by atoms with E-state index in [1.165, 1.54) is 101 Å². The zero-order valence-corrected chi connectivity index (χ0v) is 17.3. The lowest BCUT2D eigenvalue weighted by Gasteiger charge is -2.13.